The smallest absolute Gasteiger partial charge is 0.221 e. The van der Waals surface area contributed by atoms with Crippen molar-refractivity contribution in [2.24, 2.45) is 7.05 Å². The van der Waals surface area contributed by atoms with Gasteiger partial charge in [-0.15, -0.1) is 0 Å². The Morgan fingerprint density at radius 2 is 2.21 bits per heavy atom. The Hall–Kier alpha value is -1.36. The minimum Gasteiger partial charge on any atom is -0.353 e. The highest BCUT2D eigenvalue weighted by Gasteiger charge is 2.14. The molecule has 0 aromatic carbocycles. The molecule has 0 radical (unpaired) electrons. The Balaban J connectivity index is 1.56. The summed E-state index contributed by atoms with van der Waals surface area (Å²) >= 11 is 0. The van der Waals surface area contributed by atoms with Gasteiger partial charge in [-0.2, -0.15) is 5.10 Å². The Kier molecular flexibility index (Phi) is 5.39. The molecular formula is C14H24N4O. The fraction of sp³-hybridized carbons (Fsp3) is 0.714. The Labute approximate surface area is 114 Å². The van der Waals surface area contributed by atoms with Crippen LogP contribution in [0.2, 0.25) is 0 Å². The second kappa shape index (κ2) is 7.28. The zero-order valence-electron chi connectivity index (χ0n) is 11.7. The molecule has 0 aliphatic heterocycles. The number of aryl methyl sites for hydroxylation is 1. The summed E-state index contributed by atoms with van der Waals surface area (Å²) in [5, 5.41) is 10.5. The van der Waals surface area contributed by atoms with Crippen LogP contribution in [-0.2, 0) is 18.4 Å². The van der Waals surface area contributed by atoms with E-state index in [1.807, 2.05) is 19.4 Å². The monoisotopic (exact) mass is 264 g/mol. The van der Waals surface area contributed by atoms with Crippen LogP contribution in [0.25, 0.3) is 0 Å². The lowest BCUT2D eigenvalue weighted by Crippen LogP contribution is -2.37. The summed E-state index contributed by atoms with van der Waals surface area (Å²) in [5.74, 6) is 0.172. The van der Waals surface area contributed by atoms with Crippen molar-refractivity contribution in [3.05, 3.63) is 18.0 Å². The van der Waals surface area contributed by atoms with Crippen LogP contribution in [-0.4, -0.2) is 28.3 Å². The maximum atomic E-state index is 11.8. The summed E-state index contributed by atoms with van der Waals surface area (Å²) in [7, 11) is 1.90. The highest BCUT2D eigenvalue weighted by atomic mass is 16.1. The van der Waals surface area contributed by atoms with Gasteiger partial charge in [0.1, 0.15) is 0 Å². The summed E-state index contributed by atoms with van der Waals surface area (Å²) in [4.78, 5) is 11.8. The first kappa shape index (κ1) is 14.1. The Morgan fingerprint density at radius 1 is 1.42 bits per heavy atom. The minimum atomic E-state index is 0.172. The normalized spacial score (nSPS) is 16.5. The van der Waals surface area contributed by atoms with E-state index in [1.165, 1.54) is 19.3 Å². The molecule has 5 nitrogen and oxygen atoms in total. The van der Waals surface area contributed by atoms with Crippen LogP contribution in [0.4, 0.5) is 0 Å². The van der Waals surface area contributed by atoms with Gasteiger partial charge in [-0.25, -0.2) is 0 Å². The van der Waals surface area contributed by atoms with Crippen molar-refractivity contribution in [3.63, 3.8) is 0 Å². The van der Waals surface area contributed by atoms with Crippen molar-refractivity contribution >= 4 is 5.91 Å². The molecule has 1 aromatic rings. The third-order valence-electron chi connectivity index (χ3n) is 3.59. The maximum Gasteiger partial charge on any atom is 0.221 e. The second-order valence-electron chi connectivity index (χ2n) is 5.35. The number of nitrogens with one attached hydrogen (secondary N) is 2. The first-order valence-corrected chi connectivity index (χ1v) is 7.21. The van der Waals surface area contributed by atoms with E-state index in [0.29, 0.717) is 19.0 Å². The molecule has 0 unspecified atom stereocenters. The van der Waals surface area contributed by atoms with Gasteiger partial charge in [-0.1, -0.05) is 19.3 Å². The molecule has 1 heterocycles. The molecule has 1 aromatic heterocycles. The molecule has 0 atom stereocenters. The molecule has 0 saturated heterocycles. The number of carbonyl (C=O) groups is 1. The van der Waals surface area contributed by atoms with Crippen molar-refractivity contribution in [2.75, 3.05) is 6.54 Å². The molecule has 2 rings (SSSR count). The fourth-order valence-corrected chi connectivity index (χ4v) is 2.54. The third kappa shape index (κ3) is 5.03. The number of nitrogens with zero attached hydrogens (tertiary/aromatic N) is 2. The topological polar surface area (TPSA) is 59.0 Å². The fourth-order valence-electron chi connectivity index (χ4n) is 2.54. The number of hydrogen-bond donors (Lipinski definition) is 2. The highest BCUT2D eigenvalue weighted by molar-refractivity contribution is 5.76. The number of carbonyl (C=O) groups excluding carboxylic acids is 1. The van der Waals surface area contributed by atoms with E-state index >= 15 is 0 Å². The summed E-state index contributed by atoms with van der Waals surface area (Å²) in [6.45, 7) is 1.48. The van der Waals surface area contributed by atoms with Gasteiger partial charge in [-0.3, -0.25) is 9.48 Å². The summed E-state index contributed by atoms with van der Waals surface area (Å²) in [5.41, 5.74) is 1.15. The van der Waals surface area contributed by atoms with E-state index < -0.39 is 0 Å². The van der Waals surface area contributed by atoms with E-state index in [4.69, 9.17) is 0 Å². The lowest BCUT2D eigenvalue weighted by atomic mass is 9.95. The van der Waals surface area contributed by atoms with Gasteiger partial charge in [0, 0.05) is 44.4 Å². The van der Waals surface area contributed by atoms with E-state index in [0.717, 1.165) is 24.9 Å². The number of hydrogen-bond acceptors (Lipinski definition) is 3. The van der Waals surface area contributed by atoms with E-state index in [9.17, 15) is 4.79 Å². The number of rotatable bonds is 6. The highest BCUT2D eigenvalue weighted by Crippen LogP contribution is 2.17. The molecular weight excluding hydrogens is 240 g/mol. The predicted molar refractivity (Wildman–Crippen MR) is 74.5 cm³/mol. The van der Waals surface area contributed by atoms with Gasteiger partial charge in [0.15, 0.2) is 0 Å². The standard InChI is InChI=1S/C14H24N4O/c1-18-11-12(10-16-18)9-15-8-7-14(19)17-13-5-3-2-4-6-13/h10-11,13,15H,2-9H2,1H3,(H,17,19). The second-order valence-corrected chi connectivity index (χ2v) is 5.35. The average molecular weight is 264 g/mol. The lowest BCUT2D eigenvalue weighted by molar-refractivity contribution is -0.121. The van der Waals surface area contributed by atoms with Crippen LogP contribution in [0, 0.1) is 0 Å². The molecule has 2 N–H and O–H groups in total. The van der Waals surface area contributed by atoms with Gasteiger partial charge in [-0.05, 0) is 12.8 Å². The van der Waals surface area contributed by atoms with Crippen LogP contribution in [0.1, 0.15) is 44.1 Å². The quantitative estimate of drug-likeness (QED) is 0.763. The van der Waals surface area contributed by atoms with Crippen molar-refractivity contribution in [1.82, 2.24) is 20.4 Å². The van der Waals surface area contributed by atoms with Crippen molar-refractivity contribution < 1.29 is 4.79 Å². The van der Waals surface area contributed by atoms with Crippen LogP contribution in [0.5, 0.6) is 0 Å². The SMILES string of the molecule is Cn1cc(CNCCC(=O)NC2CCCCC2)cn1. The summed E-state index contributed by atoms with van der Waals surface area (Å²) < 4.78 is 1.78. The summed E-state index contributed by atoms with van der Waals surface area (Å²) in [6.07, 6.45) is 10.5. The molecule has 5 heteroatoms. The molecule has 1 amide bonds. The molecule has 1 aliphatic rings. The maximum absolute atomic E-state index is 11.8. The van der Waals surface area contributed by atoms with Crippen molar-refractivity contribution in [1.29, 1.82) is 0 Å². The molecule has 19 heavy (non-hydrogen) atoms. The van der Waals surface area contributed by atoms with Gasteiger partial charge in [0.2, 0.25) is 5.91 Å². The minimum absolute atomic E-state index is 0.172. The van der Waals surface area contributed by atoms with Gasteiger partial charge in [0.05, 0.1) is 6.20 Å². The Bertz CT molecular complexity index is 396. The van der Waals surface area contributed by atoms with Gasteiger partial charge >= 0.3 is 0 Å². The van der Waals surface area contributed by atoms with Crippen LogP contribution in [0.3, 0.4) is 0 Å². The molecule has 1 aliphatic carbocycles. The number of amides is 1. The molecule has 1 saturated carbocycles. The van der Waals surface area contributed by atoms with E-state index in [1.54, 1.807) is 4.68 Å². The molecule has 0 spiro atoms. The third-order valence-corrected chi connectivity index (χ3v) is 3.59. The molecule has 1 fully saturated rings. The Morgan fingerprint density at radius 3 is 2.89 bits per heavy atom. The number of aromatic nitrogens is 2. The molecule has 0 bridgehead atoms. The average Bonchev–Trinajstić information content (AvgIpc) is 2.82. The van der Waals surface area contributed by atoms with Gasteiger partial charge in [0.25, 0.3) is 0 Å². The first-order valence-electron chi connectivity index (χ1n) is 7.21. The van der Waals surface area contributed by atoms with Crippen LogP contribution >= 0.6 is 0 Å². The predicted octanol–water partition coefficient (Wildman–Crippen LogP) is 1.35. The van der Waals surface area contributed by atoms with E-state index in [2.05, 4.69) is 15.7 Å². The zero-order valence-corrected chi connectivity index (χ0v) is 11.7. The van der Waals surface area contributed by atoms with Crippen molar-refractivity contribution in [2.45, 2.75) is 51.1 Å². The first-order chi connectivity index (χ1) is 9.24. The lowest BCUT2D eigenvalue weighted by Gasteiger charge is -2.22. The van der Waals surface area contributed by atoms with Crippen molar-refractivity contribution in [3.8, 4) is 0 Å². The molecule has 106 valence electrons. The zero-order chi connectivity index (χ0) is 13.5. The van der Waals surface area contributed by atoms with Crippen LogP contribution < -0.4 is 10.6 Å². The van der Waals surface area contributed by atoms with Gasteiger partial charge < -0.3 is 10.6 Å². The largest absolute Gasteiger partial charge is 0.353 e. The van der Waals surface area contributed by atoms with E-state index in [-0.39, 0.29) is 5.91 Å². The summed E-state index contributed by atoms with van der Waals surface area (Å²) in [6, 6.07) is 0.416. The van der Waals surface area contributed by atoms with Crippen LogP contribution in [0.15, 0.2) is 12.4 Å².